The first kappa shape index (κ1) is 14.3. The number of fused-ring (bicyclic) bond motifs is 1. The summed E-state index contributed by atoms with van der Waals surface area (Å²) in [7, 11) is 0. The van der Waals surface area contributed by atoms with E-state index in [2.05, 4.69) is 13.8 Å². The first-order valence-electron chi connectivity index (χ1n) is 7.22. The molecule has 0 aromatic heterocycles. The van der Waals surface area contributed by atoms with Crippen molar-refractivity contribution in [2.45, 2.75) is 19.8 Å². The zero-order valence-electron chi connectivity index (χ0n) is 12.5. The number of carbonyl (C=O) groups excluding carboxylic acids is 2. The number of benzene rings is 2. The van der Waals surface area contributed by atoms with E-state index >= 15 is 0 Å². The molecule has 0 saturated heterocycles. The first-order chi connectivity index (χ1) is 10.5. The van der Waals surface area contributed by atoms with Gasteiger partial charge in [-0.3, -0.25) is 9.59 Å². The summed E-state index contributed by atoms with van der Waals surface area (Å²) in [5.41, 5.74) is 2.45. The molecule has 2 aromatic carbocycles. The quantitative estimate of drug-likeness (QED) is 0.851. The van der Waals surface area contributed by atoms with E-state index in [0.29, 0.717) is 17.0 Å². The molecule has 0 amide bonds. The van der Waals surface area contributed by atoms with Crippen LogP contribution in [0, 0.1) is 0 Å². The fourth-order valence-electron chi connectivity index (χ4n) is 2.67. The van der Waals surface area contributed by atoms with Crippen LogP contribution in [-0.4, -0.2) is 16.7 Å². The Kier molecular flexibility index (Phi) is 3.41. The summed E-state index contributed by atoms with van der Waals surface area (Å²) in [6, 6.07) is 14.0. The Balaban J connectivity index is 2.17. The number of hydrogen-bond donors (Lipinski definition) is 1. The van der Waals surface area contributed by atoms with Crippen molar-refractivity contribution in [2.24, 2.45) is 0 Å². The van der Waals surface area contributed by atoms with Gasteiger partial charge < -0.3 is 5.11 Å². The number of carbonyl (C=O) groups is 2. The number of ketones is 2. The summed E-state index contributed by atoms with van der Waals surface area (Å²) < 4.78 is 0. The van der Waals surface area contributed by atoms with Gasteiger partial charge in [-0.05, 0) is 17.0 Å². The largest absolute Gasteiger partial charge is 0.506 e. The number of rotatable bonds is 2. The van der Waals surface area contributed by atoms with Gasteiger partial charge in [-0.15, -0.1) is 0 Å². The first-order valence-corrected chi connectivity index (χ1v) is 7.22. The lowest BCUT2D eigenvalue weighted by Gasteiger charge is -2.18. The topological polar surface area (TPSA) is 54.4 Å². The Morgan fingerprint density at radius 3 is 2.00 bits per heavy atom. The Bertz CT molecular complexity index is 796. The van der Waals surface area contributed by atoms with Crippen molar-refractivity contribution < 1.29 is 14.7 Å². The van der Waals surface area contributed by atoms with Crippen LogP contribution in [0.25, 0.3) is 11.3 Å². The van der Waals surface area contributed by atoms with Crippen LogP contribution < -0.4 is 0 Å². The van der Waals surface area contributed by atoms with Crippen LogP contribution >= 0.6 is 0 Å². The molecular formula is C19H16O3. The smallest absolute Gasteiger partial charge is 0.237 e. The predicted molar refractivity (Wildman–Crippen MR) is 85.8 cm³/mol. The highest BCUT2D eigenvalue weighted by molar-refractivity contribution is 6.62. The zero-order valence-corrected chi connectivity index (χ0v) is 12.5. The van der Waals surface area contributed by atoms with Gasteiger partial charge in [0.25, 0.3) is 0 Å². The van der Waals surface area contributed by atoms with Gasteiger partial charge in [-0.25, -0.2) is 0 Å². The molecule has 1 N–H and O–H groups in total. The van der Waals surface area contributed by atoms with Crippen LogP contribution in [0.2, 0.25) is 0 Å². The van der Waals surface area contributed by atoms with Crippen molar-refractivity contribution in [3.63, 3.8) is 0 Å². The summed E-state index contributed by atoms with van der Waals surface area (Å²) in [5.74, 6) is -0.983. The van der Waals surface area contributed by atoms with Crippen molar-refractivity contribution in [3.05, 3.63) is 70.8 Å². The maximum atomic E-state index is 12.4. The molecule has 22 heavy (non-hydrogen) atoms. The molecule has 0 fully saturated rings. The standard InChI is InChI=1S/C19H16O3/c1-11(2)12-7-9-13(10-8-12)16-17(20)14-5-3-4-6-15(14)18(21)19(16)22/h3-11,20H,1-2H3. The average molecular weight is 292 g/mol. The molecule has 3 rings (SSSR count). The lowest BCUT2D eigenvalue weighted by Crippen LogP contribution is -2.23. The average Bonchev–Trinajstić information content (AvgIpc) is 2.53. The maximum Gasteiger partial charge on any atom is 0.237 e. The van der Waals surface area contributed by atoms with Crippen molar-refractivity contribution in [2.75, 3.05) is 0 Å². The zero-order chi connectivity index (χ0) is 15.9. The van der Waals surface area contributed by atoms with Gasteiger partial charge in [0, 0.05) is 11.1 Å². The van der Waals surface area contributed by atoms with Gasteiger partial charge in [0.15, 0.2) is 0 Å². The molecule has 0 spiro atoms. The van der Waals surface area contributed by atoms with Crippen molar-refractivity contribution in [1.82, 2.24) is 0 Å². The molecule has 1 aliphatic carbocycles. The monoisotopic (exact) mass is 292 g/mol. The maximum absolute atomic E-state index is 12.4. The van der Waals surface area contributed by atoms with E-state index in [-0.39, 0.29) is 16.9 Å². The molecule has 3 heteroatoms. The second-order valence-corrected chi connectivity index (χ2v) is 5.70. The van der Waals surface area contributed by atoms with E-state index < -0.39 is 11.6 Å². The van der Waals surface area contributed by atoms with Gasteiger partial charge in [-0.2, -0.15) is 0 Å². The third-order valence-corrected chi connectivity index (χ3v) is 3.96. The van der Waals surface area contributed by atoms with Gasteiger partial charge in [0.05, 0.1) is 5.57 Å². The second kappa shape index (κ2) is 5.26. The molecule has 0 bridgehead atoms. The molecule has 0 atom stereocenters. The van der Waals surface area contributed by atoms with Crippen molar-refractivity contribution >= 4 is 22.9 Å². The Morgan fingerprint density at radius 1 is 0.818 bits per heavy atom. The molecule has 0 unspecified atom stereocenters. The highest BCUT2D eigenvalue weighted by Gasteiger charge is 2.33. The second-order valence-electron chi connectivity index (χ2n) is 5.70. The predicted octanol–water partition coefficient (Wildman–Crippen LogP) is 4.00. The number of aliphatic hydroxyl groups is 1. The minimum atomic E-state index is -0.659. The molecule has 1 aliphatic rings. The van der Waals surface area contributed by atoms with Crippen molar-refractivity contribution in [1.29, 1.82) is 0 Å². The number of aliphatic hydroxyl groups excluding tert-OH is 1. The summed E-state index contributed by atoms with van der Waals surface area (Å²) >= 11 is 0. The third-order valence-electron chi connectivity index (χ3n) is 3.96. The van der Waals surface area contributed by atoms with E-state index in [1.165, 1.54) is 0 Å². The SMILES string of the molecule is CC(C)c1ccc(C2=C(O)c3ccccc3C(=O)C2=O)cc1. The van der Waals surface area contributed by atoms with E-state index in [0.717, 1.165) is 5.56 Å². The van der Waals surface area contributed by atoms with Crippen LogP contribution in [0.3, 0.4) is 0 Å². The minimum Gasteiger partial charge on any atom is -0.506 e. The van der Waals surface area contributed by atoms with E-state index in [4.69, 9.17) is 0 Å². The fraction of sp³-hybridized carbons (Fsp3) is 0.158. The van der Waals surface area contributed by atoms with Gasteiger partial charge >= 0.3 is 0 Å². The molecule has 2 aromatic rings. The highest BCUT2D eigenvalue weighted by Crippen LogP contribution is 2.33. The number of Topliss-reactive ketones (excluding diaryl/α,β-unsaturated/α-hetero) is 2. The van der Waals surface area contributed by atoms with Gasteiger partial charge in [-0.1, -0.05) is 62.4 Å². The Morgan fingerprint density at radius 2 is 1.41 bits per heavy atom. The molecule has 110 valence electrons. The lowest BCUT2D eigenvalue weighted by atomic mass is 9.85. The summed E-state index contributed by atoms with van der Waals surface area (Å²) in [6.45, 7) is 4.16. The molecule has 0 radical (unpaired) electrons. The van der Waals surface area contributed by atoms with Crippen LogP contribution in [-0.2, 0) is 4.79 Å². The Labute approximate surface area is 128 Å². The molecular weight excluding hydrogens is 276 g/mol. The summed E-state index contributed by atoms with van der Waals surface area (Å²) in [5, 5.41) is 10.4. The third kappa shape index (κ3) is 2.15. The Hall–Kier alpha value is -2.68. The van der Waals surface area contributed by atoms with Crippen molar-refractivity contribution in [3.8, 4) is 0 Å². The van der Waals surface area contributed by atoms with Crippen LogP contribution in [0.4, 0.5) is 0 Å². The van der Waals surface area contributed by atoms with Crippen LogP contribution in [0.15, 0.2) is 48.5 Å². The molecule has 0 aliphatic heterocycles. The fourth-order valence-corrected chi connectivity index (χ4v) is 2.67. The van der Waals surface area contributed by atoms with Crippen LogP contribution in [0.5, 0.6) is 0 Å². The molecule has 0 heterocycles. The van der Waals surface area contributed by atoms with Gasteiger partial charge in [0.1, 0.15) is 5.76 Å². The van der Waals surface area contributed by atoms with E-state index in [9.17, 15) is 14.7 Å². The number of hydrogen-bond acceptors (Lipinski definition) is 3. The minimum absolute atomic E-state index is 0.0824. The summed E-state index contributed by atoms with van der Waals surface area (Å²) in [6.07, 6.45) is 0. The lowest BCUT2D eigenvalue weighted by molar-refractivity contribution is -0.110. The molecule has 0 saturated carbocycles. The summed E-state index contributed by atoms with van der Waals surface area (Å²) in [4.78, 5) is 24.6. The van der Waals surface area contributed by atoms with E-state index in [1.54, 1.807) is 36.4 Å². The normalized spacial score (nSPS) is 14.5. The van der Waals surface area contributed by atoms with Gasteiger partial charge in [0.2, 0.25) is 11.6 Å². The van der Waals surface area contributed by atoms with Crippen LogP contribution in [0.1, 0.15) is 46.8 Å². The van der Waals surface area contributed by atoms with E-state index in [1.807, 2.05) is 12.1 Å². The highest BCUT2D eigenvalue weighted by atomic mass is 16.3. The number of allylic oxidation sites excluding steroid dienone is 1. The molecule has 3 nitrogen and oxygen atoms in total.